The normalized spacial score (nSPS) is 26.1. The lowest BCUT2D eigenvalue weighted by Crippen LogP contribution is -2.30. The second-order valence-corrected chi connectivity index (χ2v) is 8.72. The maximum absolute atomic E-state index is 12.7. The highest BCUT2D eigenvalue weighted by Crippen LogP contribution is 2.33. The van der Waals surface area contributed by atoms with Gasteiger partial charge in [-0.05, 0) is 43.1 Å². The van der Waals surface area contributed by atoms with Crippen LogP contribution in [0.2, 0.25) is 0 Å². The first-order valence-electron chi connectivity index (χ1n) is 10.7. The molecule has 0 amide bonds. The molecule has 2 aliphatic heterocycles. The van der Waals surface area contributed by atoms with Crippen LogP contribution in [0.25, 0.3) is 10.9 Å². The molecule has 2 aromatic heterocycles. The van der Waals surface area contributed by atoms with Gasteiger partial charge in [0.05, 0.1) is 30.2 Å². The number of hydrogen-bond donors (Lipinski definition) is 3. The summed E-state index contributed by atoms with van der Waals surface area (Å²) in [5.74, 6) is 0.282. The van der Waals surface area contributed by atoms with Crippen molar-refractivity contribution in [3.8, 4) is 6.07 Å². The Bertz CT molecular complexity index is 1180. The minimum Gasteiger partial charge on any atom is -0.379 e. The smallest absolute Gasteiger partial charge is 0.261 e. The maximum atomic E-state index is 12.7. The highest BCUT2D eigenvalue weighted by atomic mass is 16.5. The van der Waals surface area contributed by atoms with Crippen molar-refractivity contribution in [3.05, 3.63) is 52.4 Å². The predicted octanol–water partition coefficient (Wildman–Crippen LogP) is 2.82. The molecule has 0 saturated carbocycles. The van der Waals surface area contributed by atoms with Crippen LogP contribution in [0, 0.1) is 17.2 Å². The summed E-state index contributed by atoms with van der Waals surface area (Å²) in [6.45, 7) is 5.27. The highest BCUT2D eigenvalue weighted by Gasteiger charge is 2.31. The largest absolute Gasteiger partial charge is 0.379 e. The lowest BCUT2D eigenvalue weighted by Gasteiger charge is -2.27. The van der Waals surface area contributed by atoms with E-state index in [4.69, 9.17) is 9.84 Å². The SMILES string of the molecule is CC1(c2ccc(Nc3nn(C4COCC[C@@H]4C#N)c4cc[nH]c(=O)c34)cc2)CCNC1. The molecular formula is C23H26N6O2. The topological polar surface area (TPSA) is 108 Å². The molecule has 0 bridgehead atoms. The molecule has 4 heterocycles. The number of ether oxygens (including phenoxy) is 1. The van der Waals surface area contributed by atoms with Gasteiger partial charge in [0, 0.05) is 30.5 Å². The number of nitrogens with one attached hydrogen (secondary N) is 3. The molecule has 160 valence electrons. The number of rotatable bonds is 4. The van der Waals surface area contributed by atoms with Crippen LogP contribution < -0.4 is 16.2 Å². The fourth-order valence-corrected chi connectivity index (χ4v) is 4.71. The Kier molecular flexibility index (Phi) is 5.00. The third-order valence-electron chi connectivity index (χ3n) is 6.65. The van der Waals surface area contributed by atoms with Gasteiger partial charge in [0.2, 0.25) is 0 Å². The van der Waals surface area contributed by atoms with Crippen LogP contribution >= 0.6 is 0 Å². The van der Waals surface area contributed by atoms with Gasteiger partial charge >= 0.3 is 0 Å². The molecule has 1 aromatic carbocycles. The van der Waals surface area contributed by atoms with E-state index in [9.17, 15) is 10.1 Å². The Balaban J connectivity index is 1.50. The second-order valence-electron chi connectivity index (χ2n) is 8.72. The summed E-state index contributed by atoms with van der Waals surface area (Å²) in [4.78, 5) is 15.4. The van der Waals surface area contributed by atoms with Crippen molar-refractivity contribution in [1.29, 1.82) is 5.26 Å². The number of nitrogens with zero attached hydrogens (tertiary/aromatic N) is 3. The lowest BCUT2D eigenvalue weighted by atomic mass is 9.82. The molecule has 2 fully saturated rings. The van der Waals surface area contributed by atoms with Crippen LogP contribution in [0.1, 0.15) is 31.4 Å². The molecule has 3 atom stereocenters. The maximum Gasteiger partial charge on any atom is 0.261 e. The number of pyridine rings is 1. The van der Waals surface area contributed by atoms with Crippen molar-refractivity contribution in [2.45, 2.75) is 31.2 Å². The van der Waals surface area contributed by atoms with Gasteiger partial charge in [-0.15, -0.1) is 0 Å². The summed E-state index contributed by atoms with van der Waals surface area (Å²) in [6.07, 6.45) is 3.39. The van der Waals surface area contributed by atoms with Crippen LogP contribution in [0.3, 0.4) is 0 Å². The van der Waals surface area contributed by atoms with Gasteiger partial charge in [-0.3, -0.25) is 9.48 Å². The quantitative estimate of drug-likeness (QED) is 0.601. The van der Waals surface area contributed by atoms with Gasteiger partial charge in [0.25, 0.3) is 5.56 Å². The Hall–Kier alpha value is -3.15. The van der Waals surface area contributed by atoms with E-state index in [2.05, 4.69) is 40.7 Å². The molecule has 2 aliphatic rings. The number of hydrogen-bond acceptors (Lipinski definition) is 6. The average Bonchev–Trinajstić information content (AvgIpc) is 3.40. The third kappa shape index (κ3) is 3.50. The van der Waals surface area contributed by atoms with E-state index in [0.29, 0.717) is 36.4 Å². The van der Waals surface area contributed by atoms with E-state index < -0.39 is 0 Å². The minimum absolute atomic E-state index is 0.150. The zero-order valence-corrected chi connectivity index (χ0v) is 17.5. The average molecular weight is 419 g/mol. The zero-order chi connectivity index (χ0) is 21.4. The molecule has 3 N–H and O–H groups in total. The predicted molar refractivity (Wildman–Crippen MR) is 118 cm³/mol. The Labute approximate surface area is 180 Å². The van der Waals surface area contributed by atoms with Gasteiger partial charge in [-0.1, -0.05) is 19.1 Å². The highest BCUT2D eigenvalue weighted by molar-refractivity contribution is 5.91. The van der Waals surface area contributed by atoms with E-state index >= 15 is 0 Å². The molecule has 2 unspecified atom stereocenters. The Morgan fingerprint density at radius 1 is 1.32 bits per heavy atom. The number of anilines is 2. The molecule has 0 radical (unpaired) electrons. The fraction of sp³-hybridized carbons (Fsp3) is 0.435. The molecule has 8 heteroatoms. The third-order valence-corrected chi connectivity index (χ3v) is 6.65. The van der Waals surface area contributed by atoms with Gasteiger partial charge in [0.1, 0.15) is 5.39 Å². The van der Waals surface area contributed by atoms with E-state index in [1.807, 2.05) is 18.2 Å². The van der Waals surface area contributed by atoms with Crippen molar-refractivity contribution < 1.29 is 4.74 Å². The molecular weight excluding hydrogens is 392 g/mol. The van der Waals surface area contributed by atoms with Crippen LogP contribution in [-0.4, -0.2) is 41.1 Å². The van der Waals surface area contributed by atoms with Crippen molar-refractivity contribution in [1.82, 2.24) is 20.1 Å². The summed E-state index contributed by atoms with van der Waals surface area (Å²) in [6, 6.07) is 12.3. The second kappa shape index (κ2) is 7.84. The Morgan fingerprint density at radius 3 is 2.90 bits per heavy atom. The van der Waals surface area contributed by atoms with Crippen LogP contribution in [-0.2, 0) is 10.2 Å². The first-order chi connectivity index (χ1) is 15.1. The van der Waals surface area contributed by atoms with E-state index in [0.717, 1.165) is 25.2 Å². The number of H-pyrrole nitrogens is 1. The van der Waals surface area contributed by atoms with Gasteiger partial charge in [-0.2, -0.15) is 10.4 Å². The summed E-state index contributed by atoms with van der Waals surface area (Å²) in [5.41, 5.74) is 2.80. The van der Waals surface area contributed by atoms with E-state index in [1.54, 1.807) is 10.9 Å². The summed E-state index contributed by atoms with van der Waals surface area (Å²) < 4.78 is 7.40. The Morgan fingerprint density at radius 2 is 2.16 bits per heavy atom. The number of aromatic amines is 1. The van der Waals surface area contributed by atoms with Crippen molar-refractivity contribution in [3.63, 3.8) is 0 Å². The number of benzene rings is 1. The minimum atomic E-state index is -0.226. The summed E-state index contributed by atoms with van der Waals surface area (Å²) >= 11 is 0. The van der Waals surface area contributed by atoms with Crippen molar-refractivity contribution >= 4 is 22.4 Å². The van der Waals surface area contributed by atoms with E-state index in [-0.39, 0.29) is 22.9 Å². The summed E-state index contributed by atoms with van der Waals surface area (Å²) in [7, 11) is 0. The van der Waals surface area contributed by atoms with Gasteiger partial charge in [0.15, 0.2) is 5.82 Å². The molecule has 31 heavy (non-hydrogen) atoms. The number of fused-ring (bicyclic) bond motifs is 1. The number of aromatic nitrogens is 3. The van der Waals surface area contributed by atoms with Crippen LogP contribution in [0.4, 0.5) is 11.5 Å². The molecule has 2 saturated heterocycles. The zero-order valence-electron chi connectivity index (χ0n) is 17.5. The molecule has 5 rings (SSSR count). The first-order valence-corrected chi connectivity index (χ1v) is 10.7. The standard InChI is InChI=1S/C23H26N6O2/c1-23(8-10-25-14-23)16-2-4-17(5-3-16)27-21-20-18(6-9-26-22(20)30)29(28-21)19-13-31-11-7-15(19)12-24/h2-6,9,15,19,25H,7-8,10-11,13-14H2,1H3,(H,26,30)(H,27,28)/t15-,19?,23?/m1/s1. The number of nitriles is 1. The molecule has 0 spiro atoms. The van der Waals surface area contributed by atoms with Crippen molar-refractivity contribution in [2.75, 3.05) is 31.6 Å². The van der Waals surface area contributed by atoms with Crippen molar-refractivity contribution in [2.24, 2.45) is 5.92 Å². The molecule has 8 nitrogen and oxygen atoms in total. The lowest BCUT2D eigenvalue weighted by molar-refractivity contribution is 0.0359. The van der Waals surface area contributed by atoms with Crippen LogP contribution in [0.15, 0.2) is 41.3 Å². The monoisotopic (exact) mass is 418 g/mol. The molecule has 0 aliphatic carbocycles. The first kappa shape index (κ1) is 19.8. The van der Waals surface area contributed by atoms with Gasteiger partial charge in [-0.25, -0.2) is 0 Å². The van der Waals surface area contributed by atoms with Gasteiger partial charge < -0.3 is 20.4 Å². The molecule has 3 aromatic rings. The summed E-state index contributed by atoms with van der Waals surface area (Å²) in [5, 5.41) is 21.6. The van der Waals surface area contributed by atoms with E-state index in [1.165, 1.54) is 5.56 Å². The fourth-order valence-electron chi connectivity index (χ4n) is 4.71. The van der Waals surface area contributed by atoms with Crippen LogP contribution in [0.5, 0.6) is 0 Å².